The molecule has 0 atom stereocenters. The molecule has 3 aliphatic rings. The van der Waals surface area contributed by atoms with Crippen LogP contribution >= 0.6 is 11.6 Å². The Morgan fingerprint density at radius 3 is 1.02 bits per heavy atom. The summed E-state index contributed by atoms with van der Waals surface area (Å²) in [5, 5.41) is 13.0. The third kappa shape index (κ3) is 18.4. The molecule has 6 amide bonds. The monoisotopic (exact) mass is 1560 g/mol. The number of amides is 6. The van der Waals surface area contributed by atoms with Crippen LogP contribution < -0.4 is 60.8 Å². The zero-order valence-corrected chi connectivity index (χ0v) is 58.1. The van der Waals surface area contributed by atoms with E-state index >= 15 is 0 Å². The van der Waals surface area contributed by atoms with Crippen LogP contribution in [0.2, 0.25) is 5.02 Å². The van der Waals surface area contributed by atoms with Gasteiger partial charge in [-0.3, -0.25) is 15.0 Å². The van der Waals surface area contributed by atoms with E-state index in [4.69, 9.17) is 25.8 Å². The molecule has 3 fully saturated rings. The van der Waals surface area contributed by atoms with Gasteiger partial charge in [0.1, 0.15) is 40.5 Å². The highest BCUT2D eigenvalue weighted by atomic mass is 35.5. The Balaban J connectivity index is 0.000000146. The molecule has 0 aliphatic carbocycles. The number of ether oxygens (including phenoxy) is 3. The summed E-state index contributed by atoms with van der Waals surface area (Å²) in [4.78, 5) is 69.4. The minimum atomic E-state index is -4.66. The molecule has 6 N–H and O–H groups in total. The first-order valence-electron chi connectivity index (χ1n) is 33.9. The Kier molecular flexibility index (Phi) is 22.8. The number of benzene rings is 9. The van der Waals surface area contributed by atoms with Crippen molar-refractivity contribution in [3.8, 4) is 34.5 Å². The van der Waals surface area contributed by atoms with E-state index in [1.165, 1.54) is 66.7 Å². The van der Waals surface area contributed by atoms with Crippen molar-refractivity contribution < 1.29 is 85.7 Å². The van der Waals surface area contributed by atoms with Crippen LogP contribution in [0.25, 0.3) is 33.1 Å². The second kappa shape index (κ2) is 33.2. The number of aromatic nitrogens is 6. The van der Waals surface area contributed by atoms with Crippen LogP contribution in [0.1, 0.15) is 44.1 Å². The van der Waals surface area contributed by atoms with Crippen LogP contribution in [0.15, 0.2) is 164 Å². The Bertz CT molecular complexity index is 5330. The van der Waals surface area contributed by atoms with Crippen LogP contribution in [-0.4, -0.2) is 87.3 Å². The zero-order chi connectivity index (χ0) is 78.2. The molecule has 15 rings (SSSR count). The Hall–Kier alpha value is -13.0. The lowest BCUT2D eigenvalue weighted by Gasteiger charge is -2.16. The van der Waals surface area contributed by atoms with Crippen molar-refractivity contribution in [3.05, 3.63) is 233 Å². The van der Waals surface area contributed by atoms with Crippen LogP contribution in [0.5, 0.6) is 34.5 Å². The molecule has 6 heterocycles. The van der Waals surface area contributed by atoms with Crippen molar-refractivity contribution in [3.63, 3.8) is 0 Å². The minimum absolute atomic E-state index is 0.0251. The fourth-order valence-electron chi connectivity index (χ4n) is 11.8. The maximum atomic E-state index is 14.8. The third-order valence-corrected chi connectivity index (χ3v) is 17.4. The molecule has 0 unspecified atom stereocenters. The summed E-state index contributed by atoms with van der Waals surface area (Å²) in [6.07, 6.45) is 6.65. The Morgan fingerprint density at radius 1 is 0.360 bits per heavy atom. The maximum absolute atomic E-state index is 14.8. The fraction of sp³-hybridized carbons (Fsp3) is 0.171. The van der Waals surface area contributed by atoms with E-state index in [-0.39, 0.29) is 28.6 Å². The molecule has 35 heteroatoms. The molecule has 111 heavy (non-hydrogen) atoms. The van der Waals surface area contributed by atoms with Crippen molar-refractivity contribution in [2.45, 2.75) is 44.7 Å². The summed E-state index contributed by atoms with van der Waals surface area (Å²) in [6.45, 7) is 5.17. The zero-order valence-electron chi connectivity index (χ0n) is 57.3. The van der Waals surface area contributed by atoms with E-state index in [1.54, 1.807) is 48.9 Å². The second-order valence-electron chi connectivity index (χ2n) is 25.0. The molecule has 0 spiro atoms. The van der Waals surface area contributed by atoms with E-state index in [0.29, 0.717) is 85.5 Å². The molecule has 9 aromatic carbocycles. The van der Waals surface area contributed by atoms with Gasteiger partial charge in [-0.05, 0) is 130 Å². The van der Waals surface area contributed by atoms with Gasteiger partial charge in [-0.2, -0.15) is 26.3 Å². The number of carbonyl (C=O) groups is 3. The maximum Gasteiger partial charge on any atom is 0.416 e. The van der Waals surface area contributed by atoms with Gasteiger partial charge >= 0.3 is 24.3 Å². The van der Waals surface area contributed by atoms with Crippen molar-refractivity contribution in [2.24, 2.45) is 0 Å². The molecule has 0 radical (unpaired) electrons. The largest absolute Gasteiger partial charge is 0.451 e. The van der Waals surface area contributed by atoms with Crippen LogP contribution in [-0.2, 0) is 6.18 Å². The first kappa shape index (κ1) is 76.2. The molecule has 0 saturated carbocycles. The summed E-state index contributed by atoms with van der Waals surface area (Å²) in [5.41, 5.74) is -0.290. The standard InChI is InChI=1S/C26H19F6N5O2.C25H19ClF3N5O2.C25H19F4N5O2/c27-17-12-20(36-25(38)34-15-5-3-4-14(10-15)26(30,31)32)22(28)23(29)24(17)39-16-6-7-18-19(11-16)35-21(13-33-18)37-8-1-2-9-37;2*26-14-4-3-5-15(10-14)31-25(35)33-20-12-17(27)24(23(29)22(20)28)36-16-6-7-18-19(11-16)32-21(13-30-18)34-8-1-2-9-34/h3-7,10-13H,1-2,8-9H2,(H2,34,36,38);2*3-7,10-13H,1-2,8-9H2,(H2,31,33,35). The number of hydrogen-bond donors (Lipinski definition) is 6. The molecule has 570 valence electrons. The quantitative estimate of drug-likeness (QED) is 0.0413. The molecule has 3 saturated heterocycles. The van der Waals surface area contributed by atoms with Crippen molar-refractivity contribution in [2.75, 3.05) is 85.9 Å². The smallest absolute Gasteiger partial charge is 0.416 e. The summed E-state index contributed by atoms with van der Waals surface area (Å²) in [5.74, 6) is -14.9. The summed E-state index contributed by atoms with van der Waals surface area (Å²) in [7, 11) is 0. The van der Waals surface area contributed by atoms with Crippen molar-refractivity contribution in [1.82, 2.24) is 29.9 Å². The number of fused-ring (bicyclic) bond motifs is 3. The third-order valence-electron chi connectivity index (χ3n) is 17.2. The number of rotatable bonds is 15. The lowest BCUT2D eigenvalue weighted by molar-refractivity contribution is -0.137. The number of nitrogens with zero attached hydrogens (tertiary/aromatic N) is 9. The van der Waals surface area contributed by atoms with Gasteiger partial charge < -0.3 is 60.8 Å². The highest BCUT2D eigenvalue weighted by Gasteiger charge is 2.32. The lowest BCUT2D eigenvalue weighted by Crippen LogP contribution is -2.21. The van der Waals surface area contributed by atoms with E-state index < -0.39 is 122 Å². The highest BCUT2D eigenvalue weighted by Crippen LogP contribution is 2.39. The lowest BCUT2D eigenvalue weighted by atomic mass is 10.2. The number of urea groups is 3. The predicted molar refractivity (Wildman–Crippen MR) is 389 cm³/mol. The van der Waals surface area contributed by atoms with Gasteiger partial charge in [0.05, 0.1) is 74.3 Å². The summed E-state index contributed by atoms with van der Waals surface area (Å²) in [6, 6.07) is 26.6. The molecule has 3 aromatic heterocycles. The topological polar surface area (TPSA) is 238 Å². The van der Waals surface area contributed by atoms with E-state index in [9.17, 15) is 71.5 Å². The van der Waals surface area contributed by atoms with Gasteiger partial charge in [0, 0.05) is 97.8 Å². The highest BCUT2D eigenvalue weighted by molar-refractivity contribution is 6.31. The van der Waals surface area contributed by atoms with Gasteiger partial charge in [0.25, 0.3) is 0 Å². The van der Waals surface area contributed by atoms with E-state index in [1.807, 2.05) is 10.6 Å². The molecule has 3 aliphatic heterocycles. The molecular weight excluding hydrogens is 1500 g/mol. The van der Waals surface area contributed by atoms with Crippen LogP contribution in [0.4, 0.5) is 123 Å². The van der Waals surface area contributed by atoms with Gasteiger partial charge in [-0.1, -0.05) is 29.8 Å². The van der Waals surface area contributed by atoms with Crippen LogP contribution in [0.3, 0.4) is 0 Å². The van der Waals surface area contributed by atoms with Gasteiger partial charge in [-0.25, -0.2) is 60.1 Å². The first-order chi connectivity index (χ1) is 53.3. The average molecular weight is 1560 g/mol. The summed E-state index contributed by atoms with van der Waals surface area (Å²) < 4.78 is 200. The van der Waals surface area contributed by atoms with Crippen molar-refractivity contribution >= 4 is 114 Å². The van der Waals surface area contributed by atoms with E-state index in [0.717, 1.165) is 102 Å². The average Bonchev–Trinajstić information content (AvgIpc) is 1.45. The predicted octanol–water partition coefficient (Wildman–Crippen LogP) is 20.1. The second-order valence-corrected chi connectivity index (χ2v) is 25.4. The number of hydrogen-bond acceptors (Lipinski definition) is 15. The van der Waals surface area contributed by atoms with Gasteiger partial charge in [0.2, 0.25) is 34.7 Å². The minimum Gasteiger partial charge on any atom is -0.451 e. The first-order valence-corrected chi connectivity index (χ1v) is 34.2. The number of carbonyl (C=O) groups excluding carboxylic acids is 3. The molecular formula is C76H57ClF13N15O6. The summed E-state index contributed by atoms with van der Waals surface area (Å²) >= 11 is 5.85. The molecule has 0 bridgehead atoms. The SMILES string of the molecule is O=C(Nc1cccc(C(F)(F)F)c1)Nc1cc(F)c(Oc2ccc3ncc(N4CCCC4)nc3c2)c(F)c1F.O=C(Nc1cccc(Cl)c1)Nc1cc(F)c(Oc2ccc3ncc(N4CCCC4)nc3c2)c(F)c1F.O=C(Nc1cccc(F)c1)Nc1cc(F)c(Oc2ccc3ncc(N4CCCC4)nc3c2)c(F)c1F. The Morgan fingerprint density at radius 2 is 0.685 bits per heavy atom. The van der Waals surface area contributed by atoms with Gasteiger partial charge in [0.15, 0.2) is 34.9 Å². The normalized spacial score (nSPS) is 13.3. The number of nitrogens with one attached hydrogen (secondary N) is 6. The van der Waals surface area contributed by atoms with Gasteiger partial charge in [-0.15, -0.1) is 0 Å². The number of halogens is 14. The van der Waals surface area contributed by atoms with Crippen LogP contribution in [0, 0.1) is 58.2 Å². The Labute approximate surface area is 625 Å². The van der Waals surface area contributed by atoms with Crippen molar-refractivity contribution in [1.29, 1.82) is 0 Å². The number of alkyl halides is 3. The fourth-order valence-corrected chi connectivity index (χ4v) is 12.0. The molecule has 12 aromatic rings. The number of anilines is 9. The molecule has 21 nitrogen and oxygen atoms in total. The van der Waals surface area contributed by atoms with E-state index in [2.05, 4.69) is 65.9 Å².